The summed E-state index contributed by atoms with van der Waals surface area (Å²) in [6.07, 6.45) is 1.74. The average Bonchev–Trinajstić information content (AvgIpc) is 3.29. The van der Waals surface area contributed by atoms with Gasteiger partial charge in [0.25, 0.3) is 5.56 Å². The predicted molar refractivity (Wildman–Crippen MR) is 134 cm³/mol. The van der Waals surface area contributed by atoms with Gasteiger partial charge < -0.3 is 9.47 Å². The molecule has 5 nitrogen and oxygen atoms in total. The molecule has 0 spiro atoms. The molecule has 0 unspecified atom stereocenters. The highest BCUT2D eigenvalue weighted by Gasteiger charge is 2.13. The van der Waals surface area contributed by atoms with E-state index in [1.165, 1.54) is 11.3 Å². The van der Waals surface area contributed by atoms with E-state index in [0.717, 1.165) is 22.3 Å². The van der Waals surface area contributed by atoms with Crippen molar-refractivity contribution in [1.29, 1.82) is 0 Å². The Balaban J connectivity index is 1.45. The van der Waals surface area contributed by atoms with Gasteiger partial charge in [-0.2, -0.15) is 0 Å². The first-order valence-electron chi connectivity index (χ1n) is 10.2. The maximum Gasteiger partial charge on any atom is 0.274 e. The molecule has 0 aliphatic carbocycles. The zero-order valence-corrected chi connectivity index (χ0v) is 19.9. The lowest BCUT2D eigenvalue weighted by atomic mass is 10.2. The lowest BCUT2D eigenvalue weighted by molar-refractivity contribution is 0.217. The highest BCUT2D eigenvalue weighted by atomic mass is 35.5. The van der Waals surface area contributed by atoms with Crippen LogP contribution < -0.4 is 19.6 Å². The molecule has 0 aliphatic heterocycles. The molecule has 2 heterocycles. The van der Waals surface area contributed by atoms with Crippen molar-refractivity contribution in [3.8, 4) is 11.5 Å². The second kappa shape index (κ2) is 9.06. The summed E-state index contributed by atoms with van der Waals surface area (Å²) in [6, 6.07) is 18.7. The lowest BCUT2D eigenvalue weighted by Gasteiger charge is -2.12. The number of aromatic nitrogens is 2. The van der Waals surface area contributed by atoms with E-state index >= 15 is 0 Å². The second-order valence-corrected chi connectivity index (χ2v) is 9.31. The van der Waals surface area contributed by atoms with Crippen molar-refractivity contribution < 1.29 is 9.47 Å². The first-order chi connectivity index (χ1) is 16.0. The van der Waals surface area contributed by atoms with Crippen LogP contribution in [0.2, 0.25) is 10.0 Å². The highest BCUT2D eigenvalue weighted by molar-refractivity contribution is 7.15. The van der Waals surface area contributed by atoms with E-state index in [2.05, 4.69) is 4.98 Å². The van der Waals surface area contributed by atoms with Crippen LogP contribution in [0.4, 0.5) is 0 Å². The van der Waals surface area contributed by atoms with E-state index in [9.17, 15) is 4.79 Å². The first-order valence-corrected chi connectivity index (χ1v) is 11.8. The Hall–Kier alpha value is -3.06. The maximum absolute atomic E-state index is 13.1. The Bertz CT molecular complexity index is 1590. The summed E-state index contributed by atoms with van der Waals surface area (Å²) in [5, 5.41) is 0.817. The van der Waals surface area contributed by atoms with Gasteiger partial charge in [-0.25, -0.2) is 9.38 Å². The number of halogens is 2. The van der Waals surface area contributed by atoms with Crippen LogP contribution in [0.15, 0.2) is 65.5 Å². The SMILES string of the molecule is Cc1cccc(OCCOc2c(Cl)cc(Cl)cc2/C=c2\sc3nc4ccccc4n3c2=O)c1. The molecule has 3 aromatic carbocycles. The largest absolute Gasteiger partial charge is 0.490 e. The van der Waals surface area contributed by atoms with Crippen LogP contribution >= 0.6 is 34.5 Å². The Kier molecular flexibility index (Phi) is 5.98. The summed E-state index contributed by atoms with van der Waals surface area (Å²) < 4.78 is 13.8. The van der Waals surface area contributed by atoms with Gasteiger partial charge >= 0.3 is 0 Å². The Morgan fingerprint density at radius 1 is 1.03 bits per heavy atom. The van der Waals surface area contributed by atoms with Gasteiger partial charge in [-0.3, -0.25) is 4.79 Å². The number of benzene rings is 3. The molecule has 2 aromatic heterocycles. The molecule has 0 saturated carbocycles. The topological polar surface area (TPSA) is 52.8 Å². The minimum Gasteiger partial charge on any atom is -0.490 e. The van der Waals surface area contributed by atoms with Crippen molar-refractivity contribution in [3.63, 3.8) is 0 Å². The molecule has 8 heteroatoms. The van der Waals surface area contributed by atoms with E-state index in [0.29, 0.717) is 37.5 Å². The fourth-order valence-electron chi connectivity index (χ4n) is 3.60. The van der Waals surface area contributed by atoms with E-state index in [1.54, 1.807) is 22.6 Å². The van der Waals surface area contributed by atoms with Crippen LogP contribution in [0, 0.1) is 6.92 Å². The quantitative estimate of drug-likeness (QED) is 0.290. The van der Waals surface area contributed by atoms with Gasteiger partial charge in [-0.15, -0.1) is 0 Å². The predicted octanol–water partition coefficient (Wildman–Crippen LogP) is 5.53. The van der Waals surface area contributed by atoms with Gasteiger partial charge in [0, 0.05) is 10.6 Å². The molecular weight excluding hydrogens is 479 g/mol. The van der Waals surface area contributed by atoms with Crippen molar-refractivity contribution in [2.45, 2.75) is 6.92 Å². The fraction of sp³-hybridized carbons (Fsp3) is 0.120. The third-order valence-corrected chi connectivity index (χ3v) is 6.52. The van der Waals surface area contributed by atoms with Gasteiger partial charge in [0.05, 0.1) is 20.6 Å². The van der Waals surface area contributed by atoms with Crippen molar-refractivity contribution in [2.24, 2.45) is 0 Å². The van der Waals surface area contributed by atoms with Gasteiger partial charge in [0.1, 0.15) is 24.7 Å². The molecule has 0 saturated heterocycles. The Labute approximate surface area is 203 Å². The Morgan fingerprint density at radius 3 is 2.70 bits per heavy atom. The molecule has 166 valence electrons. The third kappa shape index (κ3) is 4.42. The van der Waals surface area contributed by atoms with E-state index < -0.39 is 0 Å². The summed E-state index contributed by atoms with van der Waals surface area (Å²) in [5.74, 6) is 1.22. The van der Waals surface area contributed by atoms with Gasteiger partial charge in [-0.1, -0.05) is 58.8 Å². The van der Waals surface area contributed by atoms with Gasteiger partial charge in [0.15, 0.2) is 4.96 Å². The summed E-state index contributed by atoms with van der Waals surface area (Å²) in [7, 11) is 0. The van der Waals surface area contributed by atoms with Gasteiger partial charge in [-0.05, 0) is 55.0 Å². The van der Waals surface area contributed by atoms with Crippen LogP contribution in [0.25, 0.3) is 22.1 Å². The fourth-order valence-corrected chi connectivity index (χ4v) is 5.14. The van der Waals surface area contributed by atoms with E-state index in [-0.39, 0.29) is 12.2 Å². The molecule has 0 amide bonds. The van der Waals surface area contributed by atoms with E-state index in [4.69, 9.17) is 32.7 Å². The molecule has 0 fully saturated rings. The Morgan fingerprint density at radius 2 is 1.85 bits per heavy atom. The van der Waals surface area contributed by atoms with Crippen molar-refractivity contribution in [1.82, 2.24) is 9.38 Å². The molecule has 0 aliphatic rings. The zero-order valence-electron chi connectivity index (χ0n) is 17.5. The van der Waals surface area contributed by atoms with Crippen molar-refractivity contribution in [3.05, 3.63) is 96.7 Å². The lowest BCUT2D eigenvalue weighted by Crippen LogP contribution is -2.22. The number of hydrogen-bond acceptors (Lipinski definition) is 5. The van der Waals surface area contributed by atoms with Crippen LogP contribution in [-0.4, -0.2) is 22.6 Å². The minimum atomic E-state index is -0.145. The van der Waals surface area contributed by atoms with Crippen LogP contribution in [0.5, 0.6) is 11.5 Å². The molecule has 33 heavy (non-hydrogen) atoms. The number of nitrogens with zero attached hydrogens (tertiary/aromatic N) is 2. The second-order valence-electron chi connectivity index (χ2n) is 7.45. The summed E-state index contributed by atoms with van der Waals surface area (Å²) >= 11 is 14.0. The van der Waals surface area contributed by atoms with Gasteiger partial charge in [0.2, 0.25) is 0 Å². The monoisotopic (exact) mass is 496 g/mol. The van der Waals surface area contributed by atoms with Crippen molar-refractivity contribution >= 4 is 56.6 Å². The number of fused-ring (bicyclic) bond motifs is 3. The standard InChI is InChI=1S/C25H18Cl2N2O3S/c1-15-5-4-6-18(11-15)31-9-10-32-23-16(12-17(26)14-19(23)27)13-22-24(30)29-21-8-3-2-7-20(21)28-25(29)33-22/h2-8,11-14H,9-10H2,1H3/b22-13-. The zero-order chi connectivity index (χ0) is 22.9. The maximum atomic E-state index is 13.1. The normalized spacial score (nSPS) is 12.0. The minimum absolute atomic E-state index is 0.145. The van der Waals surface area contributed by atoms with Crippen LogP contribution in [0.1, 0.15) is 11.1 Å². The van der Waals surface area contributed by atoms with Crippen LogP contribution in [-0.2, 0) is 0 Å². The smallest absolute Gasteiger partial charge is 0.274 e. The molecule has 0 bridgehead atoms. The number of hydrogen-bond donors (Lipinski definition) is 0. The number of ether oxygens (including phenoxy) is 2. The number of para-hydroxylation sites is 2. The number of aryl methyl sites for hydroxylation is 1. The van der Waals surface area contributed by atoms with Crippen LogP contribution in [0.3, 0.4) is 0 Å². The molecule has 0 N–H and O–H groups in total. The van der Waals surface area contributed by atoms with E-state index in [1.807, 2.05) is 55.5 Å². The summed E-state index contributed by atoms with van der Waals surface area (Å²) in [6.45, 7) is 2.63. The molecule has 0 radical (unpaired) electrons. The molecular formula is C25H18Cl2N2O3S. The summed E-state index contributed by atoms with van der Waals surface area (Å²) in [4.78, 5) is 18.3. The first kappa shape index (κ1) is 21.8. The number of thiazole rings is 1. The number of imidazole rings is 1. The summed E-state index contributed by atoms with van der Waals surface area (Å²) in [5.41, 5.74) is 3.16. The number of rotatable bonds is 6. The highest BCUT2D eigenvalue weighted by Crippen LogP contribution is 2.33. The van der Waals surface area contributed by atoms with Crippen molar-refractivity contribution in [2.75, 3.05) is 13.2 Å². The molecule has 5 aromatic rings. The molecule has 0 atom stereocenters. The third-order valence-electron chi connectivity index (χ3n) is 5.06. The average molecular weight is 497 g/mol. The molecule has 5 rings (SSSR count).